The molecule has 188 valence electrons. The van der Waals surface area contributed by atoms with Crippen LogP contribution >= 0.6 is 0 Å². The Labute approximate surface area is 207 Å². The van der Waals surface area contributed by atoms with Gasteiger partial charge >= 0.3 is 11.9 Å². The van der Waals surface area contributed by atoms with Crippen molar-refractivity contribution in [1.29, 1.82) is 0 Å². The van der Waals surface area contributed by atoms with Crippen LogP contribution in [0, 0.1) is 5.92 Å². The first-order valence-electron chi connectivity index (χ1n) is 12.2. The molecular weight excluding hydrogens is 462 g/mol. The average molecular weight is 492 g/mol. The number of pyridine rings is 2. The van der Waals surface area contributed by atoms with Crippen molar-refractivity contribution in [2.45, 2.75) is 65.3 Å². The van der Waals surface area contributed by atoms with Crippen LogP contribution in [-0.2, 0) is 44.2 Å². The van der Waals surface area contributed by atoms with Crippen molar-refractivity contribution in [2.75, 3.05) is 0 Å². The molecule has 2 aliphatic heterocycles. The van der Waals surface area contributed by atoms with Gasteiger partial charge in [0.25, 0.3) is 5.56 Å². The van der Waals surface area contributed by atoms with E-state index in [-0.39, 0.29) is 35.8 Å². The molecule has 2 atom stereocenters. The number of cyclic esters (lactones) is 1. The van der Waals surface area contributed by atoms with E-state index in [1.165, 1.54) is 0 Å². The standard InChI is InChI=1S/C27H29N3O6/c1-5-15-16-9-14(31)7-8-20(16)29-23-17(15)11-30-21(23)10-19-18(24(30)32)12-35-26(34)27(19,6-2)36-25(33)22(28)13(3)4/h7-10,13,22,31H,5-6,11-12,28H2,1-4H3. The van der Waals surface area contributed by atoms with Gasteiger partial charge in [0.1, 0.15) is 18.4 Å². The van der Waals surface area contributed by atoms with E-state index < -0.39 is 23.6 Å². The minimum Gasteiger partial charge on any atom is -0.508 e. The number of aryl methyl sites for hydroxylation is 1. The molecule has 9 nitrogen and oxygen atoms in total. The molecule has 4 heterocycles. The molecule has 2 unspecified atom stereocenters. The van der Waals surface area contributed by atoms with Gasteiger partial charge < -0.3 is 24.9 Å². The van der Waals surface area contributed by atoms with Gasteiger partial charge in [0.15, 0.2) is 0 Å². The van der Waals surface area contributed by atoms with Gasteiger partial charge in [0, 0.05) is 16.5 Å². The molecule has 1 aromatic carbocycles. The maximum Gasteiger partial charge on any atom is 0.355 e. The summed E-state index contributed by atoms with van der Waals surface area (Å²) in [5, 5.41) is 10.9. The van der Waals surface area contributed by atoms with E-state index in [4.69, 9.17) is 20.2 Å². The van der Waals surface area contributed by atoms with Gasteiger partial charge in [0.05, 0.1) is 29.0 Å². The normalized spacial score (nSPS) is 19.0. The summed E-state index contributed by atoms with van der Waals surface area (Å²) in [6.07, 6.45) is 0.758. The molecule has 0 bridgehead atoms. The predicted octanol–water partition coefficient (Wildman–Crippen LogP) is 2.88. The van der Waals surface area contributed by atoms with Crippen molar-refractivity contribution < 1.29 is 24.2 Å². The molecule has 5 rings (SSSR count). The van der Waals surface area contributed by atoms with Gasteiger partial charge in [0.2, 0.25) is 5.60 Å². The number of aromatic hydroxyl groups is 1. The number of aromatic nitrogens is 2. The highest BCUT2D eigenvalue weighted by molar-refractivity contribution is 5.91. The molecule has 0 amide bonds. The first-order valence-corrected chi connectivity index (χ1v) is 12.2. The Morgan fingerprint density at radius 1 is 1.25 bits per heavy atom. The highest BCUT2D eigenvalue weighted by Crippen LogP contribution is 2.42. The highest BCUT2D eigenvalue weighted by Gasteiger charge is 2.51. The number of nitrogens with two attached hydrogens (primary N) is 1. The zero-order valence-electron chi connectivity index (χ0n) is 20.8. The monoisotopic (exact) mass is 491 g/mol. The lowest BCUT2D eigenvalue weighted by Crippen LogP contribution is -2.50. The van der Waals surface area contributed by atoms with Crippen molar-refractivity contribution >= 4 is 22.8 Å². The molecule has 0 fully saturated rings. The third kappa shape index (κ3) is 3.33. The van der Waals surface area contributed by atoms with Crippen molar-refractivity contribution in [2.24, 2.45) is 11.7 Å². The number of hydrogen-bond donors (Lipinski definition) is 2. The smallest absolute Gasteiger partial charge is 0.355 e. The molecule has 2 aromatic heterocycles. The maximum absolute atomic E-state index is 13.7. The summed E-state index contributed by atoms with van der Waals surface area (Å²) in [4.78, 5) is 44.5. The van der Waals surface area contributed by atoms with Crippen LogP contribution in [0.4, 0.5) is 0 Å². The van der Waals surface area contributed by atoms with Crippen LogP contribution in [0.3, 0.4) is 0 Å². The van der Waals surface area contributed by atoms with Gasteiger partial charge in [-0.1, -0.05) is 27.7 Å². The molecule has 3 N–H and O–H groups in total. The average Bonchev–Trinajstić information content (AvgIpc) is 3.22. The number of nitrogens with zero attached hydrogens (tertiary/aromatic N) is 2. The molecule has 0 aliphatic carbocycles. The lowest BCUT2D eigenvalue weighted by molar-refractivity contribution is -0.190. The van der Waals surface area contributed by atoms with Crippen LogP contribution < -0.4 is 11.3 Å². The number of benzene rings is 1. The lowest BCUT2D eigenvalue weighted by Gasteiger charge is -2.36. The predicted molar refractivity (Wildman–Crippen MR) is 132 cm³/mol. The topological polar surface area (TPSA) is 134 Å². The van der Waals surface area contributed by atoms with Crippen molar-refractivity contribution in [1.82, 2.24) is 9.55 Å². The summed E-state index contributed by atoms with van der Waals surface area (Å²) in [6.45, 7) is 7.40. The van der Waals surface area contributed by atoms with E-state index in [1.54, 1.807) is 49.6 Å². The van der Waals surface area contributed by atoms with Crippen LogP contribution in [-0.4, -0.2) is 32.6 Å². The van der Waals surface area contributed by atoms with Gasteiger partial charge in [-0.15, -0.1) is 0 Å². The molecule has 9 heteroatoms. The van der Waals surface area contributed by atoms with E-state index in [0.29, 0.717) is 35.4 Å². The van der Waals surface area contributed by atoms with E-state index in [2.05, 4.69) is 0 Å². The van der Waals surface area contributed by atoms with Crippen LogP contribution in [0.15, 0.2) is 29.1 Å². The third-order valence-corrected chi connectivity index (χ3v) is 7.38. The van der Waals surface area contributed by atoms with Crippen molar-refractivity contribution in [3.8, 4) is 17.1 Å². The van der Waals surface area contributed by atoms with Gasteiger partial charge in [-0.05, 0) is 48.6 Å². The summed E-state index contributed by atoms with van der Waals surface area (Å²) in [7, 11) is 0. The number of carbonyl (C=O) groups excluding carboxylic acids is 2. The summed E-state index contributed by atoms with van der Waals surface area (Å²) in [5.74, 6) is -1.50. The SMILES string of the molecule is CCc1c2c(nc3ccc(O)cc13)-c1cc3c(c(=O)n1C2)COC(=O)C3(CC)OC(=O)C(N)C(C)C. The maximum atomic E-state index is 13.7. The van der Waals surface area contributed by atoms with Crippen molar-refractivity contribution in [3.05, 3.63) is 56.9 Å². The Morgan fingerprint density at radius 3 is 2.67 bits per heavy atom. The molecule has 36 heavy (non-hydrogen) atoms. The molecule has 2 aliphatic rings. The number of carbonyl (C=O) groups is 2. The lowest BCUT2D eigenvalue weighted by atomic mass is 9.85. The van der Waals surface area contributed by atoms with Gasteiger partial charge in [-0.3, -0.25) is 9.59 Å². The molecular formula is C27H29N3O6. The van der Waals surface area contributed by atoms with E-state index >= 15 is 0 Å². The summed E-state index contributed by atoms with van der Waals surface area (Å²) >= 11 is 0. The zero-order valence-corrected chi connectivity index (χ0v) is 20.8. The minimum absolute atomic E-state index is 0.0791. The van der Waals surface area contributed by atoms with Crippen molar-refractivity contribution in [3.63, 3.8) is 0 Å². The fraction of sp³-hybridized carbons (Fsp3) is 0.407. The Kier molecular flexibility index (Phi) is 5.63. The second kappa shape index (κ2) is 8.44. The van der Waals surface area contributed by atoms with E-state index in [0.717, 1.165) is 16.5 Å². The van der Waals surface area contributed by atoms with E-state index in [9.17, 15) is 19.5 Å². The molecule has 0 radical (unpaired) electrons. The van der Waals surface area contributed by atoms with Crippen LogP contribution in [0.5, 0.6) is 5.75 Å². The number of ether oxygens (including phenoxy) is 2. The minimum atomic E-state index is -1.77. The second-order valence-corrected chi connectivity index (χ2v) is 9.73. The summed E-state index contributed by atoms with van der Waals surface area (Å²) < 4.78 is 12.8. The Bertz CT molecular complexity index is 1490. The largest absolute Gasteiger partial charge is 0.508 e. The Balaban J connectivity index is 1.74. The van der Waals surface area contributed by atoms with Gasteiger partial charge in [-0.2, -0.15) is 0 Å². The van der Waals surface area contributed by atoms with Gasteiger partial charge in [-0.25, -0.2) is 9.78 Å². The van der Waals surface area contributed by atoms with Crippen LogP contribution in [0.1, 0.15) is 56.4 Å². The summed E-state index contributed by atoms with van der Waals surface area (Å²) in [5.41, 5.74) is 8.29. The molecule has 0 saturated carbocycles. The second-order valence-electron chi connectivity index (χ2n) is 9.73. The fourth-order valence-corrected chi connectivity index (χ4v) is 5.22. The molecule has 3 aromatic rings. The Morgan fingerprint density at radius 2 is 2.00 bits per heavy atom. The first kappa shape index (κ1) is 24.0. The summed E-state index contributed by atoms with van der Waals surface area (Å²) in [6, 6.07) is 5.81. The number of phenolic OH excluding ortho intramolecular Hbond substituents is 1. The van der Waals surface area contributed by atoms with E-state index in [1.807, 2.05) is 6.92 Å². The van der Waals surface area contributed by atoms with Crippen LogP contribution in [0.25, 0.3) is 22.3 Å². The first-order chi connectivity index (χ1) is 17.1. The fourth-order valence-electron chi connectivity index (χ4n) is 5.22. The number of fused-ring (bicyclic) bond motifs is 5. The molecule has 0 spiro atoms. The molecule has 0 saturated heterocycles. The number of hydrogen-bond acceptors (Lipinski definition) is 8. The highest BCUT2D eigenvalue weighted by atomic mass is 16.6. The Hall–Kier alpha value is -3.72. The quantitative estimate of drug-likeness (QED) is 0.407. The number of esters is 2. The number of phenols is 1. The number of rotatable bonds is 5. The zero-order chi connectivity index (χ0) is 25.9. The third-order valence-electron chi connectivity index (χ3n) is 7.38. The van der Waals surface area contributed by atoms with Crippen LogP contribution in [0.2, 0.25) is 0 Å².